The fraction of sp³-hybridized carbons (Fsp3) is 0.667. The molecule has 1 amide bonds. The van der Waals surface area contributed by atoms with Crippen molar-refractivity contribution >= 4 is 11.9 Å². The molecule has 5 N–H and O–H groups in total. The summed E-state index contributed by atoms with van der Waals surface area (Å²) in [7, 11) is 1.46. The van der Waals surface area contributed by atoms with E-state index in [1.807, 2.05) is 0 Å². The van der Waals surface area contributed by atoms with Crippen LogP contribution in [0, 0.1) is 0 Å². The average molecular weight is 176 g/mol. The van der Waals surface area contributed by atoms with Crippen molar-refractivity contribution in [3.8, 4) is 0 Å². The van der Waals surface area contributed by atoms with Crippen LogP contribution in [0.5, 0.6) is 0 Å². The Hall–Kier alpha value is -1.14. The Morgan fingerprint density at radius 1 is 1.58 bits per heavy atom. The highest BCUT2D eigenvalue weighted by Gasteiger charge is 2.22. The van der Waals surface area contributed by atoms with Crippen molar-refractivity contribution in [2.45, 2.75) is 18.6 Å². The second-order valence-electron chi connectivity index (χ2n) is 2.33. The Labute approximate surface area is 69.4 Å². The van der Waals surface area contributed by atoms with Crippen LogP contribution in [0.2, 0.25) is 0 Å². The first-order valence-electron chi connectivity index (χ1n) is 3.36. The molecule has 0 saturated carbocycles. The van der Waals surface area contributed by atoms with Crippen LogP contribution >= 0.6 is 0 Å². The maximum Gasteiger partial charge on any atom is 0.332 e. The number of carbonyl (C=O) groups is 2. The molecule has 0 aliphatic rings. The zero-order valence-corrected chi connectivity index (χ0v) is 6.65. The van der Waals surface area contributed by atoms with Crippen molar-refractivity contribution in [3.05, 3.63) is 0 Å². The molecule has 0 aromatic heterocycles. The predicted octanol–water partition coefficient (Wildman–Crippen LogP) is -2.10. The zero-order chi connectivity index (χ0) is 9.72. The van der Waals surface area contributed by atoms with Gasteiger partial charge in [-0.15, -0.1) is 0 Å². The summed E-state index contributed by atoms with van der Waals surface area (Å²) in [5.41, 5.74) is 4.89. The van der Waals surface area contributed by atoms with Gasteiger partial charge in [0.25, 0.3) is 0 Å². The summed E-state index contributed by atoms with van der Waals surface area (Å²) in [6.45, 7) is 0. The second kappa shape index (κ2) is 4.68. The van der Waals surface area contributed by atoms with E-state index in [4.69, 9.17) is 15.9 Å². The third kappa shape index (κ3) is 3.31. The van der Waals surface area contributed by atoms with Crippen LogP contribution in [0.25, 0.3) is 0 Å². The van der Waals surface area contributed by atoms with Gasteiger partial charge < -0.3 is 21.3 Å². The van der Waals surface area contributed by atoms with E-state index in [2.05, 4.69) is 5.32 Å². The summed E-state index contributed by atoms with van der Waals surface area (Å²) < 4.78 is 0. The van der Waals surface area contributed by atoms with E-state index in [9.17, 15) is 9.59 Å². The molecule has 2 unspecified atom stereocenters. The van der Waals surface area contributed by atoms with Gasteiger partial charge in [-0.3, -0.25) is 4.79 Å². The van der Waals surface area contributed by atoms with Gasteiger partial charge in [0.1, 0.15) is 0 Å². The zero-order valence-electron chi connectivity index (χ0n) is 6.65. The molecule has 0 heterocycles. The van der Waals surface area contributed by atoms with Crippen LogP contribution in [-0.4, -0.2) is 41.3 Å². The number of likely N-dealkylation sites (N-methyl/N-ethyl adjacent to an activating group) is 1. The molecule has 12 heavy (non-hydrogen) atoms. The van der Waals surface area contributed by atoms with Gasteiger partial charge >= 0.3 is 5.97 Å². The summed E-state index contributed by atoms with van der Waals surface area (Å²) in [6, 6.07) is -0.809. The standard InChI is InChI=1S/C6H12N2O4/c1-8-3(5(7)10)2-4(9)6(11)12/h3-4,8-9H,2H2,1H3,(H2,7,10)(H,11,12). The summed E-state index contributed by atoms with van der Waals surface area (Å²) in [6.07, 6.45) is -1.78. The highest BCUT2D eigenvalue weighted by atomic mass is 16.4. The number of aliphatic hydroxyl groups is 1. The number of hydrogen-bond acceptors (Lipinski definition) is 4. The van der Waals surface area contributed by atoms with Crippen molar-refractivity contribution in [1.82, 2.24) is 5.32 Å². The average Bonchev–Trinajstić information content (AvgIpc) is 1.98. The van der Waals surface area contributed by atoms with Crippen LogP contribution in [0.3, 0.4) is 0 Å². The molecule has 70 valence electrons. The summed E-state index contributed by atoms with van der Waals surface area (Å²) in [5.74, 6) is -2.05. The molecule has 0 aliphatic carbocycles. The van der Waals surface area contributed by atoms with Gasteiger partial charge in [-0.25, -0.2) is 4.79 Å². The number of primary amides is 1. The molecule has 0 saturated heterocycles. The number of carbonyl (C=O) groups excluding carboxylic acids is 1. The van der Waals surface area contributed by atoms with Crippen molar-refractivity contribution < 1.29 is 19.8 Å². The molecular weight excluding hydrogens is 164 g/mol. The minimum absolute atomic E-state index is 0.221. The number of nitrogens with one attached hydrogen (secondary N) is 1. The largest absolute Gasteiger partial charge is 0.479 e. The summed E-state index contributed by atoms with van der Waals surface area (Å²) in [5, 5.41) is 19.6. The van der Waals surface area contributed by atoms with E-state index in [0.717, 1.165) is 0 Å². The SMILES string of the molecule is CNC(CC(O)C(=O)O)C(N)=O. The number of hydrogen-bond donors (Lipinski definition) is 4. The van der Waals surface area contributed by atoms with Crippen LogP contribution in [0.4, 0.5) is 0 Å². The van der Waals surface area contributed by atoms with Gasteiger partial charge in [0.15, 0.2) is 6.10 Å². The normalized spacial score (nSPS) is 15.2. The molecule has 0 bridgehead atoms. The molecule has 2 atom stereocenters. The first-order chi connectivity index (χ1) is 5.49. The third-order valence-electron chi connectivity index (χ3n) is 1.44. The molecule has 0 spiro atoms. The molecule has 6 heteroatoms. The number of rotatable bonds is 5. The molecule has 0 aromatic carbocycles. The van der Waals surface area contributed by atoms with Crippen molar-refractivity contribution in [3.63, 3.8) is 0 Å². The van der Waals surface area contributed by atoms with E-state index in [1.54, 1.807) is 0 Å². The first kappa shape index (κ1) is 10.9. The Kier molecular flexibility index (Phi) is 4.24. The number of carboxylic acid groups (broad SMARTS) is 1. The summed E-state index contributed by atoms with van der Waals surface area (Å²) in [4.78, 5) is 20.7. The van der Waals surface area contributed by atoms with Crippen LogP contribution in [0.1, 0.15) is 6.42 Å². The number of nitrogens with two attached hydrogens (primary N) is 1. The monoisotopic (exact) mass is 176 g/mol. The lowest BCUT2D eigenvalue weighted by Crippen LogP contribution is -2.43. The third-order valence-corrected chi connectivity index (χ3v) is 1.44. The van der Waals surface area contributed by atoms with Gasteiger partial charge in [0, 0.05) is 6.42 Å². The molecule has 6 nitrogen and oxygen atoms in total. The van der Waals surface area contributed by atoms with Crippen LogP contribution < -0.4 is 11.1 Å². The predicted molar refractivity (Wildman–Crippen MR) is 40.3 cm³/mol. The van der Waals surface area contributed by atoms with Crippen molar-refractivity contribution in [1.29, 1.82) is 0 Å². The Bertz CT molecular complexity index is 182. The minimum Gasteiger partial charge on any atom is -0.479 e. The number of aliphatic carboxylic acids is 1. The molecule has 0 rings (SSSR count). The molecule has 0 fully saturated rings. The van der Waals surface area contributed by atoms with E-state index in [1.165, 1.54) is 7.05 Å². The van der Waals surface area contributed by atoms with E-state index in [-0.39, 0.29) is 6.42 Å². The van der Waals surface area contributed by atoms with E-state index >= 15 is 0 Å². The Balaban J connectivity index is 4.02. The van der Waals surface area contributed by atoms with E-state index < -0.39 is 24.0 Å². The Morgan fingerprint density at radius 3 is 2.33 bits per heavy atom. The number of carboxylic acids is 1. The second-order valence-corrected chi connectivity index (χ2v) is 2.33. The fourth-order valence-electron chi connectivity index (χ4n) is 0.700. The molecule has 0 aromatic rings. The van der Waals surface area contributed by atoms with Crippen molar-refractivity contribution in [2.75, 3.05) is 7.05 Å². The van der Waals surface area contributed by atoms with Gasteiger partial charge in [0.2, 0.25) is 5.91 Å². The first-order valence-corrected chi connectivity index (χ1v) is 3.36. The van der Waals surface area contributed by atoms with Gasteiger partial charge in [-0.1, -0.05) is 0 Å². The van der Waals surface area contributed by atoms with Gasteiger partial charge in [0.05, 0.1) is 6.04 Å². The summed E-state index contributed by atoms with van der Waals surface area (Å²) >= 11 is 0. The van der Waals surface area contributed by atoms with Crippen molar-refractivity contribution in [2.24, 2.45) is 5.73 Å². The lowest BCUT2D eigenvalue weighted by atomic mass is 10.1. The van der Waals surface area contributed by atoms with Gasteiger partial charge in [-0.05, 0) is 7.05 Å². The number of amides is 1. The maximum atomic E-state index is 10.5. The molecule has 0 radical (unpaired) electrons. The molecular formula is C6H12N2O4. The topological polar surface area (TPSA) is 113 Å². The fourth-order valence-corrected chi connectivity index (χ4v) is 0.700. The van der Waals surface area contributed by atoms with Gasteiger partial charge in [-0.2, -0.15) is 0 Å². The van der Waals surface area contributed by atoms with E-state index in [0.29, 0.717) is 0 Å². The highest BCUT2D eigenvalue weighted by Crippen LogP contribution is 1.97. The lowest BCUT2D eigenvalue weighted by molar-refractivity contribution is -0.147. The highest BCUT2D eigenvalue weighted by molar-refractivity contribution is 5.81. The van der Waals surface area contributed by atoms with Crippen LogP contribution in [-0.2, 0) is 9.59 Å². The Morgan fingerprint density at radius 2 is 2.08 bits per heavy atom. The lowest BCUT2D eigenvalue weighted by Gasteiger charge is -2.13. The minimum atomic E-state index is -1.56. The maximum absolute atomic E-state index is 10.5. The quantitative estimate of drug-likeness (QED) is 0.383. The smallest absolute Gasteiger partial charge is 0.332 e. The number of aliphatic hydroxyl groups excluding tert-OH is 1. The van der Waals surface area contributed by atoms with Crippen LogP contribution in [0.15, 0.2) is 0 Å². The molecule has 0 aliphatic heterocycles.